The minimum Gasteiger partial charge on any atom is -0.353 e. The van der Waals surface area contributed by atoms with E-state index in [0.29, 0.717) is 22.3 Å². The molecule has 26 heavy (non-hydrogen) atoms. The highest BCUT2D eigenvalue weighted by atomic mass is 32.2. The number of halogens is 2. The number of alkyl halides is 2. The average molecular weight is 379 g/mol. The second-order valence-electron chi connectivity index (χ2n) is 5.75. The van der Waals surface area contributed by atoms with Gasteiger partial charge in [-0.25, -0.2) is 4.98 Å². The van der Waals surface area contributed by atoms with E-state index in [-0.39, 0.29) is 12.5 Å². The van der Waals surface area contributed by atoms with Gasteiger partial charge >= 0.3 is 0 Å². The Hall–Kier alpha value is -2.26. The van der Waals surface area contributed by atoms with Gasteiger partial charge in [0.1, 0.15) is 5.82 Å². The normalized spacial score (nSPS) is 15.3. The molecule has 0 radical (unpaired) electrons. The Kier molecular flexibility index (Phi) is 6.35. The number of piperazine rings is 1. The molecule has 1 saturated heterocycles. The van der Waals surface area contributed by atoms with Crippen molar-refractivity contribution in [3.8, 4) is 0 Å². The van der Waals surface area contributed by atoms with E-state index in [1.54, 1.807) is 42.9 Å². The van der Waals surface area contributed by atoms with E-state index in [0.717, 1.165) is 32.0 Å². The Morgan fingerprint density at radius 2 is 1.96 bits per heavy atom. The molecular formula is C17H19F2N5OS. The van der Waals surface area contributed by atoms with Gasteiger partial charge in [0.25, 0.3) is 5.76 Å². The third-order valence-electron chi connectivity index (χ3n) is 3.99. The number of nitrogens with zero attached hydrogens (tertiary/aromatic N) is 4. The van der Waals surface area contributed by atoms with Crippen molar-refractivity contribution in [3.63, 3.8) is 0 Å². The van der Waals surface area contributed by atoms with Crippen LogP contribution in [0.2, 0.25) is 0 Å². The Labute approximate surface area is 154 Å². The second kappa shape index (κ2) is 8.91. The highest BCUT2D eigenvalue weighted by Crippen LogP contribution is 2.31. The SMILES string of the molecule is O=C(CN1CCN(c2cnccn2)CC1)Nc1ccccc1SC(F)F. The van der Waals surface area contributed by atoms with Crippen LogP contribution in [0.3, 0.4) is 0 Å². The minimum atomic E-state index is -2.53. The van der Waals surface area contributed by atoms with Crippen molar-refractivity contribution in [2.75, 3.05) is 42.9 Å². The predicted molar refractivity (Wildman–Crippen MR) is 97.6 cm³/mol. The first-order valence-corrected chi connectivity index (χ1v) is 9.07. The van der Waals surface area contributed by atoms with Gasteiger partial charge in [-0.2, -0.15) is 8.78 Å². The molecule has 3 rings (SSSR count). The van der Waals surface area contributed by atoms with Crippen molar-refractivity contribution in [1.29, 1.82) is 0 Å². The Morgan fingerprint density at radius 3 is 2.65 bits per heavy atom. The van der Waals surface area contributed by atoms with Gasteiger partial charge in [-0.1, -0.05) is 23.9 Å². The van der Waals surface area contributed by atoms with Crippen molar-refractivity contribution in [2.24, 2.45) is 0 Å². The van der Waals surface area contributed by atoms with Crippen LogP contribution in [0, 0.1) is 0 Å². The second-order valence-corrected chi connectivity index (χ2v) is 6.78. The molecule has 1 N–H and O–H groups in total. The molecule has 138 valence electrons. The zero-order valence-corrected chi connectivity index (χ0v) is 14.8. The van der Waals surface area contributed by atoms with Crippen LogP contribution in [0.1, 0.15) is 0 Å². The molecule has 1 aliphatic heterocycles. The topological polar surface area (TPSA) is 61.4 Å². The third-order valence-corrected chi connectivity index (χ3v) is 4.78. The van der Waals surface area contributed by atoms with Crippen LogP contribution in [-0.2, 0) is 4.79 Å². The first kappa shape index (κ1) is 18.5. The molecule has 0 spiro atoms. The standard InChI is InChI=1S/C17H19F2N5OS/c18-17(19)26-14-4-2-1-3-13(14)22-16(25)12-23-7-9-24(10-8-23)15-11-20-5-6-21-15/h1-6,11,17H,7-10,12H2,(H,22,25). The Balaban J connectivity index is 1.51. The van der Waals surface area contributed by atoms with E-state index in [2.05, 4.69) is 20.2 Å². The van der Waals surface area contributed by atoms with E-state index in [9.17, 15) is 13.6 Å². The maximum absolute atomic E-state index is 12.6. The number of rotatable bonds is 6. The van der Waals surface area contributed by atoms with Gasteiger partial charge in [0.05, 0.1) is 18.4 Å². The van der Waals surface area contributed by atoms with Crippen molar-refractivity contribution in [1.82, 2.24) is 14.9 Å². The summed E-state index contributed by atoms with van der Waals surface area (Å²) in [6.07, 6.45) is 5.01. The fourth-order valence-corrected chi connectivity index (χ4v) is 3.35. The fraction of sp³-hybridized carbons (Fsp3) is 0.353. The zero-order chi connectivity index (χ0) is 18.4. The molecule has 0 atom stereocenters. The number of anilines is 2. The maximum atomic E-state index is 12.6. The lowest BCUT2D eigenvalue weighted by Crippen LogP contribution is -2.49. The molecule has 1 fully saturated rings. The smallest absolute Gasteiger partial charge is 0.288 e. The molecule has 0 saturated carbocycles. The quantitative estimate of drug-likeness (QED) is 0.779. The van der Waals surface area contributed by atoms with Gasteiger partial charge in [-0.05, 0) is 12.1 Å². The number of hydrogen-bond acceptors (Lipinski definition) is 6. The molecule has 1 aliphatic rings. The summed E-state index contributed by atoms with van der Waals surface area (Å²) in [7, 11) is 0. The average Bonchev–Trinajstić information content (AvgIpc) is 2.64. The zero-order valence-electron chi connectivity index (χ0n) is 14.0. The highest BCUT2D eigenvalue weighted by molar-refractivity contribution is 7.99. The van der Waals surface area contributed by atoms with Crippen LogP contribution in [-0.4, -0.2) is 59.3 Å². The third kappa shape index (κ3) is 5.12. The molecule has 9 heteroatoms. The highest BCUT2D eigenvalue weighted by Gasteiger charge is 2.20. The van der Waals surface area contributed by atoms with Crippen molar-refractivity contribution < 1.29 is 13.6 Å². The van der Waals surface area contributed by atoms with E-state index < -0.39 is 5.76 Å². The van der Waals surface area contributed by atoms with Gasteiger partial charge in [-0.3, -0.25) is 14.7 Å². The molecule has 2 aromatic rings. The van der Waals surface area contributed by atoms with E-state index in [1.807, 2.05) is 4.90 Å². The number of benzene rings is 1. The van der Waals surface area contributed by atoms with Gasteiger partial charge in [0, 0.05) is 43.5 Å². The molecule has 1 aromatic carbocycles. The number of hydrogen-bond donors (Lipinski definition) is 1. The van der Waals surface area contributed by atoms with Crippen molar-refractivity contribution >= 4 is 29.2 Å². The summed E-state index contributed by atoms with van der Waals surface area (Å²) in [5.41, 5.74) is 0.418. The summed E-state index contributed by atoms with van der Waals surface area (Å²) >= 11 is 0.430. The van der Waals surface area contributed by atoms with Gasteiger partial charge in [-0.15, -0.1) is 0 Å². The van der Waals surface area contributed by atoms with Crippen LogP contribution < -0.4 is 10.2 Å². The largest absolute Gasteiger partial charge is 0.353 e. The molecule has 0 unspecified atom stereocenters. The predicted octanol–water partition coefficient (Wildman–Crippen LogP) is 2.55. The molecule has 6 nitrogen and oxygen atoms in total. The van der Waals surface area contributed by atoms with E-state index >= 15 is 0 Å². The summed E-state index contributed by atoms with van der Waals surface area (Å²) in [4.78, 5) is 25.1. The summed E-state index contributed by atoms with van der Waals surface area (Å²) in [5.74, 6) is -1.91. The van der Waals surface area contributed by atoms with Crippen molar-refractivity contribution in [2.45, 2.75) is 10.7 Å². The number of nitrogens with one attached hydrogen (secondary N) is 1. The van der Waals surface area contributed by atoms with Crippen LogP contribution in [0.25, 0.3) is 0 Å². The van der Waals surface area contributed by atoms with Crippen molar-refractivity contribution in [3.05, 3.63) is 42.9 Å². The first-order valence-electron chi connectivity index (χ1n) is 8.19. The van der Waals surface area contributed by atoms with Gasteiger partial charge in [0.2, 0.25) is 5.91 Å². The van der Waals surface area contributed by atoms with Crippen LogP contribution >= 0.6 is 11.8 Å². The van der Waals surface area contributed by atoms with Crippen LogP contribution in [0.5, 0.6) is 0 Å². The lowest BCUT2D eigenvalue weighted by Gasteiger charge is -2.34. The molecule has 0 aliphatic carbocycles. The summed E-state index contributed by atoms with van der Waals surface area (Å²) < 4.78 is 25.2. The molecule has 2 heterocycles. The number of para-hydroxylation sites is 1. The lowest BCUT2D eigenvalue weighted by atomic mass is 10.3. The summed E-state index contributed by atoms with van der Waals surface area (Å²) in [6.45, 7) is 3.17. The Morgan fingerprint density at radius 1 is 1.19 bits per heavy atom. The molecule has 1 aromatic heterocycles. The van der Waals surface area contributed by atoms with Crippen LogP contribution in [0.4, 0.5) is 20.3 Å². The monoisotopic (exact) mass is 379 g/mol. The number of aromatic nitrogens is 2. The number of carbonyl (C=O) groups excluding carboxylic acids is 1. The van der Waals surface area contributed by atoms with E-state index in [1.165, 1.54) is 0 Å². The van der Waals surface area contributed by atoms with Crippen LogP contribution in [0.15, 0.2) is 47.8 Å². The number of thioether (sulfide) groups is 1. The molecule has 0 bridgehead atoms. The van der Waals surface area contributed by atoms with Gasteiger partial charge < -0.3 is 10.2 Å². The number of amides is 1. The number of carbonyl (C=O) groups is 1. The minimum absolute atomic E-state index is 0.208. The Bertz CT molecular complexity index is 726. The van der Waals surface area contributed by atoms with Gasteiger partial charge in [0.15, 0.2) is 0 Å². The first-order chi connectivity index (χ1) is 12.6. The molecular weight excluding hydrogens is 360 g/mol. The fourth-order valence-electron chi connectivity index (χ4n) is 2.75. The molecule has 1 amide bonds. The van der Waals surface area contributed by atoms with E-state index in [4.69, 9.17) is 0 Å². The maximum Gasteiger partial charge on any atom is 0.288 e. The summed E-state index contributed by atoms with van der Waals surface area (Å²) in [5, 5.41) is 2.74. The lowest BCUT2D eigenvalue weighted by molar-refractivity contribution is -0.117. The summed E-state index contributed by atoms with van der Waals surface area (Å²) in [6, 6.07) is 6.59.